The first-order valence-corrected chi connectivity index (χ1v) is 10.4. The number of rotatable bonds is 8. The summed E-state index contributed by atoms with van der Waals surface area (Å²) in [5.74, 6) is 1.54. The quantitative estimate of drug-likeness (QED) is 0.457. The van der Waals surface area contributed by atoms with Crippen LogP contribution in [0.1, 0.15) is 25.3 Å². The van der Waals surface area contributed by atoms with Crippen LogP contribution in [0.2, 0.25) is 0 Å². The summed E-state index contributed by atoms with van der Waals surface area (Å²) >= 11 is 4.93. The minimum absolute atomic E-state index is 0.0642. The minimum atomic E-state index is -0.0642. The zero-order chi connectivity index (χ0) is 19.2. The average molecular weight is 449 g/mol. The summed E-state index contributed by atoms with van der Waals surface area (Å²) in [6.07, 6.45) is 1.01. The van der Waals surface area contributed by atoms with Crippen molar-refractivity contribution >= 4 is 48.5 Å². The zero-order valence-corrected chi connectivity index (χ0v) is 17.7. The molecule has 1 amide bonds. The van der Waals surface area contributed by atoms with E-state index in [1.54, 1.807) is 0 Å². The van der Waals surface area contributed by atoms with E-state index in [0.29, 0.717) is 31.2 Å². The summed E-state index contributed by atoms with van der Waals surface area (Å²) in [5.41, 5.74) is 2.02. The van der Waals surface area contributed by atoms with Crippen molar-refractivity contribution in [2.75, 3.05) is 18.5 Å². The molecule has 27 heavy (non-hydrogen) atoms. The molecule has 5 nitrogen and oxygen atoms in total. The van der Waals surface area contributed by atoms with Crippen molar-refractivity contribution in [1.82, 2.24) is 4.98 Å². The van der Waals surface area contributed by atoms with Gasteiger partial charge in [-0.3, -0.25) is 4.79 Å². The van der Waals surface area contributed by atoms with E-state index in [2.05, 4.69) is 26.2 Å². The fourth-order valence-electron chi connectivity index (χ4n) is 2.53. The SMILES string of the molecule is CCOc1ccc2nc(NC(=O)CCCOc3ccc(C)cc3Br)sc2c1. The Balaban J connectivity index is 1.48. The van der Waals surface area contributed by atoms with Gasteiger partial charge in [0.15, 0.2) is 5.13 Å². The largest absolute Gasteiger partial charge is 0.494 e. The van der Waals surface area contributed by atoms with Crippen LogP contribution in [-0.4, -0.2) is 24.1 Å². The Morgan fingerprint density at radius 3 is 2.85 bits per heavy atom. The van der Waals surface area contributed by atoms with Gasteiger partial charge < -0.3 is 14.8 Å². The molecule has 1 N–H and O–H groups in total. The highest BCUT2D eigenvalue weighted by Gasteiger charge is 2.09. The van der Waals surface area contributed by atoms with E-state index in [4.69, 9.17) is 9.47 Å². The molecule has 0 saturated heterocycles. The monoisotopic (exact) mass is 448 g/mol. The molecule has 1 heterocycles. The summed E-state index contributed by atoms with van der Waals surface area (Å²) in [4.78, 5) is 16.6. The van der Waals surface area contributed by atoms with Gasteiger partial charge in [-0.2, -0.15) is 0 Å². The Labute approximate surface area is 170 Å². The topological polar surface area (TPSA) is 60.5 Å². The first kappa shape index (κ1) is 19.6. The van der Waals surface area contributed by atoms with Gasteiger partial charge in [0, 0.05) is 6.42 Å². The number of carbonyl (C=O) groups excluding carboxylic acids is 1. The molecule has 0 aliphatic heterocycles. The Hall–Kier alpha value is -2.12. The number of ether oxygens (including phenoxy) is 2. The average Bonchev–Trinajstić information content (AvgIpc) is 3.02. The summed E-state index contributed by atoms with van der Waals surface area (Å²) in [6, 6.07) is 11.7. The van der Waals surface area contributed by atoms with Crippen molar-refractivity contribution in [2.45, 2.75) is 26.7 Å². The molecule has 0 bridgehead atoms. The highest BCUT2D eigenvalue weighted by molar-refractivity contribution is 9.10. The molecule has 0 radical (unpaired) electrons. The van der Waals surface area contributed by atoms with Gasteiger partial charge in [0.1, 0.15) is 11.5 Å². The number of thiazole rings is 1. The maximum Gasteiger partial charge on any atom is 0.226 e. The first-order chi connectivity index (χ1) is 13.0. The highest BCUT2D eigenvalue weighted by Crippen LogP contribution is 2.29. The number of carbonyl (C=O) groups is 1. The predicted molar refractivity (Wildman–Crippen MR) is 113 cm³/mol. The second-order valence-corrected chi connectivity index (χ2v) is 7.90. The lowest BCUT2D eigenvalue weighted by Crippen LogP contribution is -2.12. The molecule has 142 valence electrons. The van der Waals surface area contributed by atoms with Gasteiger partial charge in [0.05, 0.1) is 27.9 Å². The summed E-state index contributed by atoms with van der Waals surface area (Å²) in [6.45, 7) is 5.07. The van der Waals surface area contributed by atoms with Crippen molar-refractivity contribution in [3.63, 3.8) is 0 Å². The van der Waals surface area contributed by atoms with E-state index in [1.807, 2.05) is 50.2 Å². The van der Waals surface area contributed by atoms with Crippen LogP contribution in [0.5, 0.6) is 11.5 Å². The number of hydrogen-bond donors (Lipinski definition) is 1. The van der Waals surface area contributed by atoms with Gasteiger partial charge in [-0.25, -0.2) is 4.98 Å². The van der Waals surface area contributed by atoms with Gasteiger partial charge in [-0.15, -0.1) is 0 Å². The third kappa shape index (κ3) is 5.43. The molecule has 7 heteroatoms. The summed E-state index contributed by atoms with van der Waals surface area (Å²) in [7, 11) is 0. The van der Waals surface area contributed by atoms with Crippen LogP contribution in [0.4, 0.5) is 5.13 Å². The number of aryl methyl sites for hydroxylation is 1. The van der Waals surface area contributed by atoms with Crippen molar-refractivity contribution in [2.24, 2.45) is 0 Å². The number of nitrogens with one attached hydrogen (secondary N) is 1. The zero-order valence-electron chi connectivity index (χ0n) is 15.3. The maximum absolute atomic E-state index is 12.1. The van der Waals surface area contributed by atoms with E-state index in [1.165, 1.54) is 11.3 Å². The third-order valence-corrected chi connectivity index (χ3v) is 5.36. The second kappa shape index (κ2) is 9.19. The molecule has 3 rings (SSSR count). The van der Waals surface area contributed by atoms with Crippen LogP contribution in [0.3, 0.4) is 0 Å². The molecule has 0 fully saturated rings. The van der Waals surface area contributed by atoms with Crippen LogP contribution < -0.4 is 14.8 Å². The predicted octanol–water partition coefficient (Wildman–Crippen LogP) is 5.56. The number of amides is 1. The second-order valence-electron chi connectivity index (χ2n) is 6.02. The van der Waals surface area contributed by atoms with Crippen molar-refractivity contribution in [3.05, 3.63) is 46.4 Å². The number of anilines is 1. The van der Waals surface area contributed by atoms with Crippen molar-refractivity contribution in [3.8, 4) is 11.5 Å². The molecular formula is C20H21BrN2O3S. The van der Waals surface area contributed by atoms with Gasteiger partial charge in [-0.05, 0) is 72.1 Å². The van der Waals surface area contributed by atoms with Gasteiger partial charge in [0.25, 0.3) is 0 Å². The van der Waals surface area contributed by atoms with Gasteiger partial charge >= 0.3 is 0 Å². The number of benzene rings is 2. The molecule has 2 aromatic carbocycles. The Bertz CT molecular complexity index is 942. The lowest BCUT2D eigenvalue weighted by atomic mass is 10.2. The molecule has 0 spiro atoms. The van der Waals surface area contributed by atoms with Crippen LogP contribution >= 0.6 is 27.3 Å². The number of hydrogen-bond acceptors (Lipinski definition) is 5. The number of halogens is 1. The number of aromatic nitrogens is 1. The number of nitrogens with zero attached hydrogens (tertiary/aromatic N) is 1. The highest BCUT2D eigenvalue weighted by atomic mass is 79.9. The molecule has 0 saturated carbocycles. The standard InChI is InChI=1S/C20H21BrN2O3S/c1-3-25-14-7-8-16-18(12-14)27-20(22-16)23-19(24)5-4-10-26-17-9-6-13(2)11-15(17)21/h6-9,11-12H,3-5,10H2,1-2H3,(H,22,23,24). The van der Waals surface area contributed by atoms with Crippen molar-refractivity contribution < 1.29 is 14.3 Å². The number of fused-ring (bicyclic) bond motifs is 1. The molecule has 0 unspecified atom stereocenters. The van der Waals surface area contributed by atoms with E-state index >= 15 is 0 Å². The Morgan fingerprint density at radius 1 is 1.22 bits per heavy atom. The minimum Gasteiger partial charge on any atom is -0.494 e. The molecule has 1 aromatic heterocycles. The van der Waals surface area contributed by atoms with Gasteiger partial charge in [0.2, 0.25) is 5.91 Å². The molecular weight excluding hydrogens is 428 g/mol. The molecule has 0 aliphatic carbocycles. The first-order valence-electron chi connectivity index (χ1n) is 8.77. The lowest BCUT2D eigenvalue weighted by molar-refractivity contribution is -0.116. The molecule has 0 aliphatic rings. The fourth-order valence-corrected chi connectivity index (χ4v) is 4.05. The van der Waals surface area contributed by atoms with E-state index < -0.39 is 0 Å². The summed E-state index contributed by atoms with van der Waals surface area (Å²) < 4.78 is 13.1. The van der Waals surface area contributed by atoms with E-state index in [-0.39, 0.29) is 5.91 Å². The summed E-state index contributed by atoms with van der Waals surface area (Å²) in [5, 5.41) is 3.47. The molecule has 3 aromatic rings. The van der Waals surface area contributed by atoms with Crippen molar-refractivity contribution in [1.29, 1.82) is 0 Å². The van der Waals surface area contributed by atoms with Crippen LogP contribution in [0, 0.1) is 6.92 Å². The molecule has 0 atom stereocenters. The van der Waals surface area contributed by atoms with Crippen LogP contribution in [-0.2, 0) is 4.79 Å². The smallest absolute Gasteiger partial charge is 0.226 e. The normalized spacial score (nSPS) is 10.8. The van der Waals surface area contributed by atoms with Crippen LogP contribution in [0.25, 0.3) is 10.2 Å². The fraction of sp³-hybridized carbons (Fsp3) is 0.300. The van der Waals surface area contributed by atoms with E-state index in [0.717, 1.165) is 31.8 Å². The van der Waals surface area contributed by atoms with Crippen LogP contribution in [0.15, 0.2) is 40.9 Å². The maximum atomic E-state index is 12.1. The Kier molecular flexibility index (Phi) is 6.68. The lowest BCUT2D eigenvalue weighted by Gasteiger charge is -2.08. The third-order valence-electron chi connectivity index (χ3n) is 3.81. The van der Waals surface area contributed by atoms with E-state index in [9.17, 15) is 4.79 Å². The Morgan fingerprint density at radius 2 is 2.07 bits per heavy atom. The van der Waals surface area contributed by atoms with Gasteiger partial charge in [-0.1, -0.05) is 17.4 Å².